The number of hydrogen-bond acceptors (Lipinski definition) is 6. The lowest BCUT2D eigenvalue weighted by Gasteiger charge is -2.31. The van der Waals surface area contributed by atoms with Crippen molar-refractivity contribution >= 4 is 48.3 Å². The number of rotatable bonds is 7. The number of likely N-dealkylation sites (tertiary alicyclic amines) is 1. The summed E-state index contributed by atoms with van der Waals surface area (Å²) in [6.07, 6.45) is 2.25. The van der Waals surface area contributed by atoms with Crippen LogP contribution in [0.5, 0.6) is 0 Å². The third-order valence-corrected chi connectivity index (χ3v) is 13.1. The standard InChI is InChI=1S/C36H38ClFN4O5Si/c1-22-33(48(2,3)38)31(18-32(44)40-15-7-11-27(40)21-43)47-36(22)29-17-25(37)13-14-30(29)41(35(36)46)20-23-8-6-10-26(16-23)42-34(45)28-12-5-4-9-24(28)19-39-42/h4-6,8-10,12-14,16-17,19,22,27,31,33,43H,7,11,15,18,20-21H2,1-3H3/t22-,27+,31+,33-,36+/m1/s1. The quantitative estimate of drug-likeness (QED) is 0.196. The van der Waals surface area contributed by atoms with Crippen molar-refractivity contribution in [2.24, 2.45) is 5.92 Å². The highest BCUT2D eigenvalue weighted by Gasteiger charge is 2.67. The minimum atomic E-state index is -3.49. The van der Waals surface area contributed by atoms with Crippen LogP contribution in [0.2, 0.25) is 23.7 Å². The lowest BCUT2D eigenvalue weighted by Crippen LogP contribution is -2.45. The number of benzene rings is 3. The van der Waals surface area contributed by atoms with Crippen molar-refractivity contribution in [2.45, 2.75) is 69.1 Å². The van der Waals surface area contributed by atoms with Gasteiger partial charge in [0.05, 0.1) is 54.7 Å². The molecule has 12 heteroatoms. The normalized spacial score (nSPS) is 25.4. The van der Waals surface area contributed by atoms with Gasteiger partial charge in [-0.15, -0.1) is 0 Å². The van der Waals surface area contributed by atoms with Crippen molar-refractivity contribution in [2.75, 3.05) is 18.1 Å². The van der Waals surface area contributed by atoms with Crippen molar-refractivity contribution in [3.63, 3.8) is 0 Å². The highest BCUT2D eigenvalue weighted by Crippen LogP contribution is 2.60. The fourth-order valence-electron chi connectivity index (χ4n) is 8.26. The van der Waals surface area contributed by atoms with Gasteiger partial charge in [0.2, 0.25) is 14.3 Å². The lowest BCUT2D eigenvalue weighted by molar-refractivity contribution is -0.150. The lowest BCUT2D eigenvalue weighted by atomic mass is 9.82. The van der Waals surface area contributed by atoms with Crippen LogP contribution in [0.4, 0.5) is 9.80 Å². The summed E-state index contributed by atoms with van der Waals surface area (Å²) in [6, 6.07) is 19.5. The molecule has 7 rings (SSSR count). The van der Waals surface area contributed by atoms with Crippen LogP contribution in [-0.2, 0) is 26.5 Å². The molecule has 0 saturated carbocycles. The number of nitrogens with zero attached hydrogens (tertiary/aromatic N) is 4. The van der Waals surface area contributed by atoms with Gasteiger partial charge in [-0.25, -0.2) is 0 Å². The fraction of sp³-hybridized carbons (Fsp3) is 0.389. The number of aromatic nitrogens is 2. The number of aliphatic hydroxyl groups is 1. The summed E-state index contributed by atoms with van der Waals surface area (Å²) in [7, 11) is -3.49. The molecule has 9 nitrogen and oxygen atoms in total. The number of carbonyl (C=O) groups excluding carboxylic acids is 2. The zero-order valence-corrected chi connectivity index (χ0v) is 28.9. The van der Waals surface area contributed by atoms with Crippen molar-refractivity contribution < 1.29 is 23.5 Å². The van der Waals surface area contributed by atoms with Gasteiger partial charge in [0.25, 0.3) is 11.5 Å². The van der Waals surface area contributed by atoms with Crippen LogP contribution >= 0.6 is 11.6 Å². The molecule has 0 aliphatic carbocycles. The zero-order chi connectivity index (χ0) is 34.0. The third-order valence-electron chi connectivity index (χ3n) is 10.4. The SMILES string of the molecule is C[C@@H]1[C@@H]([Si](C)(C)F)[C@H](CC(=O)N2CCC[C@H]2CO)O[C@@]12C(=O)N(Cc1cccc(-n3ncc4ccccc4c3=O)c1)c1ccc(Cl)cc12. The summed E-state index contributed by atoms with van der Waals surface area (Å²) in [5.74, 6) is -1.13. The van der Waals surface area contributed by atoms with Gasteiger partial charge in [-0.05, 0) is 67.9 Å². The minimum absolute atomic E-state index is 0.0770. The van der Waals surface area contributed by atoms with Gasteiger partial charge >= 0.3 is 0 Å². The summed E-state index contributed by atoms with van der Waals surface area (Å²) in [5, 5.41) is 15.9. The maximum Gasteiger partial charge on any atom is 0.279 e. The van der Waals surface area contributed by atoms with E-state index in [9.17, 15) is 19.5 Å². The molecule has 250 valence electrons. The van der Waals surface area contributed by atoms with E-state index in [0.29, 0.717) is 40.3 Å². The molecule has 1 N–H and O–H groups in total. The van der Waals surface area contributed by atoms with Crippen LogP contribution < -0.4 is 10.5 Å². The van der Waals surface area contributed by atoms with Gasteiger partial charge in [-0.2, -0.15) is 9.78 Å². The van der Waals surface area contributed by atoms with Crippen molar-refractivity contribution in [3.8, 4) is 5.69 Å². The van der Waals surface area contributed by atoms with Crippen molar-refractivity contribution in [3.05, 3.63) is 99.4 Å². The Morgan fingerprint density at radius 1 is 1.12 bits per heavy atom. The molecule has 4 aromatic rings. The maximum absolute atomic E-state index is 16.3. The summed E-state index contributed by atoms with van der Waals surface area (Å²) in [5.41, 5.74) is 0.0229. The number of hydrogen-bond donors (Lipinski definition) is 1. The van der Waals surface area contributed by atoms with Crippen LogP contribution in [0.25, 0.3) is 16.5 Å². The number of ether oxygens (including phenoxy) is 1. The van der Waals surface area contributed by atoms with Gasteiger partial charge in [0.15, 0.2) is 5.60 Å². The molecular formula is C36H38ClFN4O5Si. The summed E-state index contributed by atoms with van der Waals surface area (Å²) in [4.78, 5) is 45.0. The van der Waals surface area contributed by atoms with Gasteiger partial charge in [-0.3, -0.25) is 14.4 Å². The summed E-state index contributed by atoms with van der Waals surface area (Å²) >= 11 is 6.52. The molecule has 0 bridgehead atoms. The van der Waals surface area contributed by atoms with E-state index in [0.717, 1.165) is 17.4 Å². The van der Waals surface area contributed by atoms with E-state index in [2.05, 4.69) is 5.10 Å². The predicted octanol–water partition coefficient (Wildman–Crippen LogP) is 5.73. The van der Waals surface area contributed by atoms with Crippen LogP contribution in [0, 0.1) is 5.92 Å². The van der Waals surface area contributed by atoms with E-state index in [1.807, 2.05) is 43.3 Å². The third kappa shape index (κ3) is 5.28. The van der Waals surface area contributed by atoms with Gasteiger partial charge in [-0.1, -0.05) is 48.9 Å². The molecule has 3 aliphatic heterocycles. The molecule has 0 unspecified atom stereocenters. The molecule has 3 aromatic carbocycles. The number of amides is 2. The summed E-state index contributed by atoms with van der Waals surface area (Å²) in [6.45, 7) is 5.61. The Balaban J connectivity index is 1.24. The Bertz CT molecular complexity index is 1980. The Morgan fingerprint density at radius 3 is 2.69 bits per heavy atom. The van der Waals surface area contributed by atoms with E-state index in [4.69, 9.17) is 16.3 Å². The molecule has 5 atom stereocenters. The second-order valence-electron chi connectivity index (χ2n) is 13.7. The van der Waals surface area contributed by atoms with Gasteiger partial charge in [0, 0.05) is 34.0 Å². The average Bonchev–Trinajstić information content (AvgIpc) is 3.72. The van der Waals surface area contributed by atoms with E-state index in [-0.39, 0.29) is 43.0 Å². The molecule has 2 saturated heterocycles. The van der Waals surface area contributed by atoms with Crippen LogP contribution in [0.1, 0.15) is 37.3 Å². The summed E-state index contributed by atoms with van der Waals surface area (Å²) < 4.78 is 24.4. The topological polar surface area (TPSA) is 105 Å². The van der Waals surface area contributed by atoms with Crippen LogP contribution in [0.3, 0.4) is 0 Å². The Morgan fingerprint density at radius 2 is 1.92 bits per heavy atom. The second-order valence-corrected chi connectivity index (χ2v) is 17.9. The largest absolute Gasteiger partial charge is 0.394 e. The Labute approximate surface area is 284 Å². The van der Waals surface area contributed by atoms with E-state index < -0.39 is 31.6 Å². The molecule has 3 aliphatic rings. The van der Waals surface area contributed by atoms with Crippen molar-refractivity contribution in [1.82, 2.24) is 14.7 Å². The molecule has 1 aromatic heterocycles. The average molecular weight is 689 g/mol. The van der Waals surface area contributed by atoms with E-state index in [1.54, 1.807) is 59.4 Å². The van der Waals surface area contributed by atoms with E-state index >= 15 is 4.11 Å². The van der Waals surface area contributed by atoms with Crippen LogP contribution in [0.15, 0.2) is 77.7 Å². The molecule has 1 spiro atoms. The van der Waals surface area contributed by atoms with E-state index in [1.165, 1.54) is 4.68 Å². The molecule has 48 heavy (non-hydrogen) atoms. The monoisotopic (exact) mass is 688 g/mol. The molecule has 4 heterocycles. The zero-order valence-electron chi connectivity index (χ0n) is 27.1. The Kier molecular flexibility index (Phi) is 8.30. The number of anilines is 1. The highest BCUT2D eigenvalue weighted by atomic mass is 35.5. The Hall–Kier alpha value is -3.90. The predicted molar refractivity (Wildman–Crippen MR) is 184 cm³/mol. The first kappa shape index (κ1) is 32.6. The number of fused-ring (bicyclic) bond motifs is 3. The fourth-order valence-corrected chi connectivity index (χ4v) is 10.9. The highest BCUT2D eigenvalue weighted by molar-refractivity contribution is 6.72. The number of carbonyl (C=O) groups is 2. The molecule has 2 amide bonds. The number of halogens is 2. The van der Waals surface area contributed by atoms with Gasteiger partial charge in [0.1, 0.15) is 0 Å². The molecule has 0 radical (unpaired) electrons. The van der Waals surface area contributed by atoms with Gasteiger partial charge < -0.3 is 23.8 Å². The first-order valence-corrected chi connectivity index (χ1v) is 19.7. The smallest absolute Gasteiger partial charge is 0.279 e. The first-order chi connectivity index (χ1) is 22.9. The second kappa shape index (κ2) is 12.2. The van der Waals surface area contributed by atoms with Crippen LogP contribution in [-0.4, -0.2) is 65.3 Å². The van der Waals surface area contributed by atoms with Crippen molar-refractivity contribution in [1.29, 1.82) is 0 Å². The minimum Gasteiger partial charge on any atom is -0.394 e. The molecular weight excluding hydrogens is 651 g/mol. The first-order valence-electron chi connectivity index (χ1n) is 16.4. The number of aliphatic hydroxyl groups excluding tert-OH is 1. The maximum atomic E-state index is 16.3. The molecule has 2 fully saturated rings.